The summed E-state index contributed by atoms with van der Waals surface area (Å²) in [5, 5.41) is 3.18. The maximum absolute atomic E-state index is 13.4. The molecular formula is C27H26N4O3. The van der Waals surface area contributed by atoms with E-state index in [4.69, 9.17) is 9.72 Å². The van der Waals surface area contributed by atoms with Crippen LogP contribution in [0.15, 0.2) is 78.9 Å². The molecule has 2 amide bonds. The Labute approximate surface area is 198 Å². The van der Waals surface area contributed by atoms with Gasteiger partial charge in [-0.1, -0.05) is 54.6 Å². The van der Waals surface area contributed by atoms with Crippen molar-refractivity contribution in [3.8, 4) is 5.75 Å². The number of aryl methyl sites for hydroxylation is 1. The van der Waals surface area contributed by atoms with E-state index in [-0.39, 0.29) is 18.2 Å². The Morgan fingerprint density at radius 1 is 1.03 bits per heavy atom. The number of para-hydroxylation sites is 4. The molecule has 4 aromatic rings. The van der Waals surface area contributed by atoms with E-state index in [1.54, 1.807) is 12.0 Å². The van der Waals surface area contributed by atoms with Crippen molar-refractivity contribution in [1.29, 1.82) is 0 Å². The van der Waals surface area contributed by atoms with Gasteiger partial charge in [0.2, 0.25) is 11.8 Å². The Kier molecular flexibility index (Phi) is 5.76. The lowest BCUT2D eigenvalue weighted by Crippen LogP contribution is -2.37. The van der Waals surface area contributed by atoms with Gasteiger partial charge in [-0.15, -0.1) is 0 Å². The predicted octanol–water partition coefficient (Wildman–Crippen LogP) is 3.84. The molecule has 0 saturated carbocycles. The molecule has 3 aromatic carbocycles. The van der Waals surface area contributed by atoms with Crippen molar-refractivity contribution in [3.05, 3.63) is 90.3 Å². The molecule has 1 aliphatic heterocycles. The highest BCUT2D eigenvalue weighted by atomic mass is 16.5. The molecule has 2 heterocycles. The van der Waals surface area contributed by atoms with E-state index >= 15 is 0 Å². The molecule has 7 nitrogen and oxygen atoms in total. The molecule has 0 bridgehead atoms. The molecule has 2 atom stereocenters. The van der Waals surface area contributed by atoms with Gasteiger partial charge in [-0.25, -0.2) is 4.98 Å². The first kappa shape index (κ1) is 21.7. The summed E-state index contributed by atoms with van der Waals surface area (Å²) in [6.45, 7) is 0.301. The molecule has 2 unspecified atom stereocenters. The molecule has 7 heteroatoms. The number of carbonyl (C=O) groups is 2. The first-order valence-electron chi connectivity index (χ1n) is 11.3. The van der Waals surface area contributed by atoms with Crippen LogP contribution < -0.4 is 15.0 Å². The van der Waals surface area contributed by atoms with E-state index in [1.165, 1.54) is 0 Å². The summed E-state index contributed by atoms with van der Waals surface area (Å²) in [5.74, 6) is 0.610. The third kappa shape index (κ3) is 3.90. The van der Waals surface area contributed by atoms with Crippen LogP contribution in [0.25, 0.3) is 11.0 Å². The van der Waals surface area contributed by atoms with Gasteiger partial charge in [0.25, 0.3) is 0 Å². The number of carbonyl (C=O) groups excluding carboxylic acids is 2. The SMILES string of the molecule is COc1ccccc1N1CC(C(=O)NC(c2ccccc2)c2nc3ccccc3n2C)CC1=O. The molecule has 34 heavy (non-hydrogen) atoms. The quantitative estimate of drug-likeness (QED) is 0.480. The average molecular weight is 455 g/mol. The smallest absolute Gasteiger partial charge is 0.227 e. The molecule has 1 N–H and O–H groups in total. The summed E-state index contributed by atoms with van der Waals surface area (Å²) in [5.41, 5.74) is 3.47. The number of anilines is 1. The predicted molar refractivity (Wildman–Crippen MR) is 131 cm³/mol. The Hall–Kier alpha value is -4.13. The Bertz CT molecular complexity index is 1350. The number of imidazole rings is 1. The van der Waals surface area contributed by atoms with Gasteiger partial charge in [0.1, 0.15) is 17.6 Å². The number of nitrogens with one attached hydrogen (secondary N) is 1. The van der Waals surface area contributed by atoms with Gasteiger partial charge in [0, 0.05) is 20.0 Å². The number of benzene rings is 3. The Morgan fingerprint density at radius 2 is 1.74 bits per heavy atom. The fourth-order valence-corrected chi connectivity index (χ4v) is 4.59. The van der Waals surface area contributed by atoms with Crippen LogP contribution >= 0.6 is 0 Å². The summed E-state index contributed by atoms with van der Waals surface area (Å²) in [4.78, 5) is 32.7. The van der Waals surface area contributed by atoms with Gasteiger partial charge < -0.3 is 19.5 Å². The average Bonchev–Trinajstić information content (AvgIpc) is 3.43. The van der Waals surface area contributed by atoms with Crippen LogP contribution in [0.4, 0.5) is 5.69 Å². The number of fused-ring (bicyclic) bond motifs is 1. The lowest BCUT2D eigenvalue weighted by Gasteiger charge is -2.22. The lowest BCUT2D eigenvalue weighted by molar-refractivity contribution is -0.126. The van der Waals surface area contributed by atoms with E-state index in [0.29, 0.717) is 18.0 Å². The van der Waals surface area contributed by atoms with Crippen LogP contribution in [0.1, 0.15) is 23.9 Å². The largest absolute Gasteiger partial charge is 0.495 e. The van der Waals surface area contributed by atoms with Gasteiger partial charge in [-0.2, -0.15) is 0 Å². The summed E-state index contributed by atoms with van der Waals surface area (Å²) in [6.07, 6.45) is 0.147. The first-order valence-corrected chi connectivity index (χ1v) is 11.3. The topological polar surface area (TPSA) is 76.5 Å². The van der Waals surface area contributed by atoms with Crippen LogP contribution in [0.5, 0.6) is 5.75 Å². The fourth-order valence-electron chi connectivity index (χ4n) is 4.59. The summed E-state index contributed by atoms with van der Waals surface area (Å²) >= 11 is 0. The third-order valence-electron chi connectivity index (χ3n) is 6.37. The Balaban J connectivity index is 1.43. The zero-order valence-electron chi connectivity index (χ0n) is 19.1. The molecule has 0 spiro atoms. The number of methoxy groups -OCH3 is 1. The number of aromatic nitrogens is 2. The molecule has 172 valence electrons. The second-order valence-corrected chi connectivity index (χ2v) is 8.45. The van der Waals surface area contributed by atoms with Crippen molar-refractivity contribution in [2.75, 3.05) is 18.6 Å². The van der Waals surface area contributed by atoms with Gasteiger partial charge >= 0.3 is 0 Å². The van der Waals surface area contributed by atoms with E-state index < -0.39 is 12.0 Å². The van der Waals surface area contributed by atoms with Crippen molar-refractivity contribution in [2.45, 2.75) is 12.5 Å². The van der Waals surface area contributed by atoms with Crippen molar-refractivity contribution in [2.24, 2.45) is 13.0 Å². The molecule has 0 aliphatic carbocycles. The fraction of sp³-hybridized carbons (Fsp3) is 0.222. The molecule has 1 aliphatic rings. The number of nitrogens with zero attached hydrogens (tertiary/aromatic N) is 3. The normalized spacial score (nSPS) is 16.6. The number of hydrogen-bond acceptors (Lipinski definition) is 4. The van der Waals surface area contributed by atoms with Crippen molar-refractivity contribution >= 4 is 28.5 Å². The van der Waals surface area contributed by atoms with Gasteiger partial charge in [0.05, 0.1) is 29.7 Å². The first-order chi connectivity index (χ1) is 16.6. The second-order valence-electron chi connectivity index (χ2n) is 8.45. The van der Waals surface area contributed by atoms with Crippen LogP contribution in [0.2, 0.25) is 0 Å². The van der Waals surface area contributed by atoms with Crippen molar-refractivity contribution in [1.82, 2.24) is 14.9 Å². The van der Waals surface area contributed by atoms with E-state index in [0.717, 1.165) is 22.4 Å². The van der Waals surface area contributed by atoms with Crippen molar-refractivity contribution in [3.63, 3.8) is 0 Å². The van der Waals surface area contributed by atoms with E-state index in [9.17, 15) is 9.59 Å². The minimum atomic E-state index is -0.474. The minimum Gasteiger partial charge on any atom is -0.495 e. The monoisotopic (exact) mass is 454 g/mol. The Morgan fingerprint density at radius 3 is 2.50 bits per heavy atom. The molecule has 1 fully saturated rings. The number of rotatable bonds is 6. The van der Waals surface area contributed by atoms with Gasteiger partial charge in [-0.3, -0.25) is 9.59 Å². The lowest BCUT2D eigenvalue weighted by atomic mass is 10.0. The van der Waals surface area contributed by atoms with E-state index in [2.05, 4.69) is 5.32 Å². The maximum atomic E-state index is 13.4. The zero-order valence-corrected chi connectivity index (χ0v) is 19.1. The number of ether oxygens (including phenoxy) is 1. The highest BCUT2D eigenvalue weighted by Gasteiger charge is 2.37. The van der Waals surface area contributed by atoms with E-state index in [1.807, 2.05) is 90.5 Å². The molecule has 1 saturated heterocycles. The molecule has 0 radical (unpaired) electrons. The molecule has 1 aromatic heterocycles. The molecular weight excluding hydrogens is 428 g/mol. The standard InChI is InChI=1S/C27H26N4O3/c1-30-21-13-7-6-12-20(21)28-26(30)25(18-10-4-3-5-11-18)29-27(33)19-16-24(32)31(17-19)22-14-8-9-15-23(22)34-2/h3-15,19,25H,16-17H2,1-2H3,(H,29,33). The summed E-state index contributed by atoms with van der Waals surface area (Å²) in [6, 6.07) is 24.6. The third-order valence-corrected chi connectivity index (χ3v) is 6.37. The van der Waals surface area contributed by atoms with Crippen LogP contribution in [-0.2, 0) is 16.6 Å². The number of amides is 2. The van der Waals surface area contributed by atoms with Crippen LogP contribution in [0, 0.1) is 5.92 Å². The molecule has 5 rings (SSSR count). The zero-order chi connectivity index (χ0) is 23.7. The van der Waals surface area contributed by atoms with Crippen molar-refractivity contribution < 1.29 is 14.3 Å². The van der Waals surface area contributed by atoms with Crippen LogP contribution in [0.3, 0.4) is 0 Å². The maximum Gasteiger partial charge on any atom is 0.227 e. The summed E-state index contributed by atoms with van der Waals surface area (Å²) < 4.78 is 7.43. The second kappa shape index (κ2) is 9.02. The minimum absolute atomic E-state index is 0.0939. The highest BCUT2D eigenvalue weighted by Crippen LogP contribution is 2.33. The van der Waals surface area contributed by atoms with Crippen LogP contribution in [-0.4, -0.2) is 35.0 Å². The van der Waals surface area contributed by atoms with Gasteiger partial charge in [-0.05, 0) is 29.8 Å². The number of hydrogen-bond donors (Lipinski definition) is 1. The highest BCUT2D eigenvalue weighted by molar-refractivity contribution is 6.01. The summed E-state index contributed by atoms with van der Waals surface area (Å²) in [7, 11) is 3.53. The van der Waals surface area contributed by atoms with Gasteiger partial charge in [0.15, 0.2) is 0 Å².